The number of aromatic nitrogens is 2. The molecule has 1 aliphatic rings. The van der Waals surface area contributed by atoms with Gasteiger partial charge in [-0.05, 0) is 61.4 Å². The molecule has 1 heterocycles. The van der Waals surface area contributed by atoms with Crippen LogP contribution in [-0.4, -0.2) is 15.7 Å². The molecule has 0 radical (unpaired) electrons. The maximum Gasteiger partial charge on any atom is 0.267 e. The highest BCUT2D eigenvalue weighted by atomic mass is 16.2. The molecular weight excluding hydrogens is 340 g/mol. The van der Waals surface area contributed by atoms with Crippen LogP contribution in [-0.2, 0) is 11.3 Å². The number of rotatable bonds is 4. The summed E-state index contributed by atoms with van der Waals surface area (Å²) in [6.07, 6.45) is 4.38. The highest BCUT2D eigenvalue weighted by molar-refractivity contribution is 5.90. The van der Waals surface area contributed by atoms with E-state index in [0.717, 1.165) is 31.4 Å². The van der Waals surface area contributed by atoms with Gasteiger partial charge in [0.1, 0.15) is 6.54 Å². The molecule has 0 saturated heterocycles. The summed E-state index contributed by atoms with van der Waals surface area (Å²) in [6, 6.07) is 11.9. The van der Waals surface area contributed by atoms with Crippen LogP contribution in [0.3, 0.4) is 0 Å². The lowest BCUT2D eigenvalue weighted by Crippen LogP contribution is -2.31. The lowest BCUT2D eigenvalue weighted by molar-refractivity contribution is -0.117. The number of carbonyl (C=O) groups is 1. The van der Waals surface area contributed by atoms with Crippen molar-refractivity contribution in [3.05, 3.63) is 58.0 Å². The van der Waals surface area contributed by atoms with E-state index in [4.69, 9.17) is 5.26 Å². The molecule has 1 N–H and O–H groups in total. The highest BCUT2D eigenvalue weighted by Crippen LogP contribution is 2.41. The summed E-state index contributed by atoms with van der Waals surface area (Å²) in [5, 5.41) is 16.0. The maximum atomic E-state index is 12.3. The summed E-state index contributed by atoms with van der Waals surface area (Å²) in [4.78, 5) is 24.4. The number of carbonyl (C=O) groups excluding carboxylic acids is 1. The number of anilines is 1. The Kier molecular flexibility index (Phi) is 5.41. The quantitative estimate of drug-likeness (QED) is 0.900. The summed E-state index contributed by atoms with van der Waals surface area (Å²) in [5.74, 6) is 0.0164. The summed E-state index contributed by atoms with van der Waals surface area (Å²) in [5.41, 5.74) is 2.07. The Balaban J connectivity index is 1.68. The molecule has 1 amide bonds. The number of nitrogens with one attached hydrogen (secondary N) is 1. The number of nitriles is 1. The Bertz CT molecular complexity index is 912. The van der Waals surface area contributed by atoms with E-state index in [2.05, 4.69) is 24.3 Å². The second kappa shape index (κ2) is 7.75. The minimum Gasteiger partial charge on any atom is -0.324 e. The Labute approximate surface area is 158 Å². The maximum absolute atomic E-state index is 12.3. The molecule has 1 aromatic heterocycles. The molecule has 0 atom stereocenters. The summed E-state index contributed by atoms with van der Waals surface area (Å²) in [6.45, 7) is 4.43. The molecule has 0 spiro atoms. The largest absolute Gasteiger partial charge is 0.324 e. The van der Waals surface area contributed by atoms with Crippen LogP contribution in [0, 0.1) is 16.7 Å². The fourth-order valence-electron chi connectivity index (χ4n) is 3.46. The number of nitrogens with zero attached hydrogens (tertiary/aromatic N) is 3. The van der Waals surface area contributed by atoms with Gasteiger partial charge in [0.15, 0.2) is 0 Å². The van der Waals surface area contributed by atoms with Crippen molar-refractivity contribution in [2.45, 2.75) is 52.0 Å². The number of hydrogen-bond donors (Lipinski definition) is 1. The van der Waals surface area contributed by atoms with Gasteiger partial charge >= 0.3 is 0 Å². The van der Waals surface area contributed by atoms with Crippen molar-refractivity contribution >= 4 is 11.6 Å². The molecule has 1 fully saturated rings. The average molecular weight is 364 g/mol. The molecule has 0 unspecified atom stereocenters. The van der Waals surface area contributed by atoms with Crippen molar-refractivity contribution in [1.82, 2.24) is 9.78 Å². The molecule has 27 heavy (non-hydrogen) atoms. The van der Waals surface area contributed by atoms with E-state index in [-0.39, 0.29) is 18.0 Å². The topological polar surface area (TPSA) is 87.8 Å². The van der Waals surface area contributed by atoms with E-state index in [0.29, 0.717) is 22.6 Å². The Morgan fingerprint density at radius 2 is 1.89 bits per heavy atom. The first-order chi connectivity index (χ1) is 12.9. The first kappa shape index (κ1) is 18.8. The number of hydrogen-bond acceptors (Lipinski definition) is 4. The van der Waals surface area contributed by atoms with E-state index < -0.39 is 0 Å². The van der Waals surface area contributed by atoms with Gasteiger partial charge in [0.2, 0.25) is 5.91 Å². The molecule has 0 aliphatic heterocycles. The first-order valence-corrected chi connectivity index (χ1v) is 9.24. The molecule has 1 saturated carbocycles. The van der Waals surface area contributed by atoms with Crippen LogP contribution in [0.5, 0.6) is 0 Å². The lowest BCUT2D eigenvalue weighted by atomic mass is 9.72. The summed E-state index contributed by atoms with van der Waals surface area (Å²) >= 11 is 0. The van der Waals surface area contributed by atoms with Crippen molar-refractivity contribution in [1.29, 1.82) is 5.26 Å². The molecule has 2 aromatic rings. The molecule has 1 aliphatic carbocycles. The van der Waals surface area contributed by atoms with E-state index in [1.807, 2.05) is 6.07 Å². The third kappa shape index (κ3) is 4.82. The molecule has 6 heteroatoms. The van der Waals surface area contributed by atoms with Gasteiger partial charge < -0.3 is 5.32 Å². The standard InChI is InChI=1S/C21H24N4O2/c1-21(2)11-9-16(10-12-21)18-7-8-20(27)25(24-18)14-19(26)23-17-5-3-15(13-22)4-6-17/h3-8,16H,9-12,14H2,1-2H3,(H,23,26). The minimum absolute atomic E-state index is 0.134. The zero-order valence-corrected chi connectivity index (χ0v) is 15.7. The Morgan fingerprint density at radius 1 is 1.22 bits per heavy atom. The molecule has 1 aromatic carbocycles. The fourth-order valence-corrected chi connectivity index (χ4v) is 3.46. The van der Waals surface area contributed by atoms with Crippen LogP contribution in [0.2, 0.25) is 0 Å². The second-order valence-electron chi connectivity index (χ2n) is 7.93. The smallest absolute Gasteiger partial charge is 0.267 e. The third-order valence-electron chi connectivity index (χ3n) is 5.24. The van der Waals surface area contributed by atoms with Crippen molar-refractivity contribution < 1.29 is 4.79 Å². The van der Waals surface area contributed by atoms with Crippen LogP contribution in [0.25, 0.3) is 0 Å². The number of amides is 1. The second-order valence-corrected chi connectivity index (χ2v) is 7.93. The van der Waals surface area contributed by atoms with Gasteiger partial charge in [0.25, 0.3) is 5.56 Å². The lowest BCUT2D eigenvalue weighted by Gasteiger charge is -2.34. The van der Waals surface area contributed by atoms with Gasteiger partial charge in [0, 0.05) is 17.7 Å². The summed E-state index contributed by atoms with van der Waals surface area (Å²) in [7, 11) is 0. The zero-order valence-electron chi connectivity index (χ0n) is 15.7. The predicted octanol–water partition coefficient (Wildman–Crippen LogP) is 3.44. The summed E-state index contributed by atoms with van der Waals surface area (Å²) < 4.78 is 1.23. The van der Waals surface area contributed by atoms with Crippen LogP contribution >= 0.6 is 0 Å². The monoisotopic (exact) mass is 364 g/mol. The fraction of sp³-hybridized carbons (Fsp3) is 0.429. The molecule has 3 rings (SSSR count). The minimum atomic E-state index is -0.323. The Morgan fingerprint density at radius 3 is 2.52 bits per heavy atom. The van der Waals surface area contributed by atoms with Crippen molar-refractivity contribution in [3.8, 4) is 6.07 Å². The van der Waals surface area contributed by atoms with Crippen LogP contribution in [0.1, 0.15) is 56.7 Å². The van der Waals surface area contributed by atoms with Gasteiger partial charge in [-0.1, -0.05) is 13.8 Å². The first-order valence-electron chi connectivity index (χ1n) is 9.24. The van der Waals surface area contributed by atoms with Crippen LogP contribution in [0.15, 0.2) is 41.2 Å². The van der Waals surface area contributed by atoms with Gasteiger partial charge in [-0.15, -0.1) is 0 Å². The number of benzene rings is 1. The molecular formula is C21H24N4O2. The zero-order chi connectivity index (χ0) is 19.4. The van der Waals surface area contributed by atoms with Crippen LogP contribution in [0.4, 0.5) is 5.69 Å². The van der Waals surface area contributed by atoms with Crippen molar-refractivity contribution in [2.75, 3.05) is 5.32 Å². The van der Waals surface area contributed by atoms with E-state index in [1.165, 1.54) is 10.7 Å². The van der Waals surface area contributed by atoms with Gasteiger partial charge in [-0.25, -0.2) is 4.68 Å². The SMILES string of the molecule is CC1(C)CCC(c2ccc(=O)n(CC(=O)Nc3ccc(C#N)cc3)n2)CC1. The van der Waals surface area contributed by atoms with Gasteiger partial charge in [-0.3, -0.25) is 9.59 Å². The molecule has 140 valence electrons. The van der Waals surface area contributed by atoms with Crippen molar-refractivity contribution in [3.63, 3.8) is 0 Å². The van der Waals surface area contributed by atoms with Crippen molar-refractivity contribution in [2.24, 2.45) is 5.41 Å². The predicted molar refractivity (Wildman–Crippen MR) is 103 cm³/mol. The molecule has 6 nitrogen and oxygen atoms in total. The van der Waals surface area contributed by atoms with E-state index in [9.17, 15) is 9.59 Å². The van der Waals surface area contributed by atoms with E-state index in [1.54, 1.807) is 30.3 Å². The van der Waals surface area contributed by atoms with Crippen LogP contribution < -0.4 is 10.9 Å². The Hall–Kier alpha value is -2.94. The van der Waals surface area contributed by atoms with Gasteiger partial charge in [-0.2, -0.15) is 10.4 Å². The normalized spacial score (nSPS) is 16.5. The van der Waals surface area contributed by atoms with Gasteiger partial charge in [0.05, 0.1) is 17.3 Å². The average Bonchev–Trinajstić information content (AvgIpc) is 2.64. The third-order valence-corrected chi connectivity index (χ3v) is 5.24. The highest BCUT2D eigenvalue weighted by Gasteiger charge is 2.28. The van der Waals surface area contributed by atoms with E-state index >= 15 is 0 Å². The molecule has 0 bridgehead atoms.